The second-order valence-corrected chi connectivity index (χ2v) is 7.40. The van der Waals surface area contributed by atoms with Crippen molar-refractivity contribution in [1.82, 2.24) is 4.90 Å². The van der Waals surface area contributed by atoms with E-state index in [9.17, 15) is 9.90 Å². The van der Waals surface area contributed by atoms with Crippen LogP contribution in [0.25, 0.3) is 0 Å². The number of likely N-dealkylation sites (tertiary alicyclic amines) is 1. The highest BCUT2D eigenvalue weighted by molar-refractivity contribution is 5.73. The zero-order chi connectivity index (χ0) is 21.3. The van der Waals surface area contributed by atoms with Gasteiger partial charge in [0.05, 0.1) is 26.2 Å². The molecule has 1 fully saturated rings. The van der Waals surface area contributed by atoms with Gasteiger partial charge in [-0.15, -0.1) is 0 Å². The first-order valence-corrected chi connectivity index (χ1v) is 9.70. The lowest BCUT2D eigenvalue weighted by Crippen LogP contribution is -2.38. The first kappa shape index (κ1) is 20.2. The van der Waals surface area contributed by atoms with Crippen LogP contribution in [0.3, 0.4) is 0 Å². The van der Waals surface area contributed by atoms with Gasteiger partial charge < -0.3 is 28.8 Å². The van der Waals surface area contributed by atoms with Gasteiger partial charge >= 0.3 is 5.97 Å². The van der Waals surface area contributed by atoms with Crippen molar-refractivity contribution in [3.8, 4) is 28.7 Å². The number of rotatable bonds is 7. The summed E-state index contributed by atoms with van der Waals surface area (Å²) in [5.41, 5.74) is 0.843. The van der Waals surface area contributed by atoms with Crippen LogP contribution in [0.15, 0.2) is 36.4 Å². The molecule has 8 nitrogen and oxygen atoms in total. The molecule has 0 saturated carbocycles. The highest BCUT2D eigenvalue weighted by atomic mass is 16.7. The molecule has 2 aliphatic heterocycles. The highest BCUT2D eigenvalue weighted by Crippen LogP contribution is 2.46. The van der Waals surface area contributed by atoms with Crippen molar-refractivity contribution in [3.63, 3.8) is 0 Å². The van der Waals surface area contributed by atoms with E-state index in [-0.39, 0.29) is 25.4 Å². The molecule has 0 bridgehead atoms. The van der Waals surface area contributed by atoms with E-state index in [1.165, 1.54) is 0 Å². The number of para-hydroxylation sites is 2. The molecule has 160 valence electrons. The Hall–Kier alpha value is -3.13. The fraction of sp³-hybridized carbons (Fsp3) is 0.409. The van der Waals surface area contributed by atoms with Gasteiger partial charge in [-0.25, -0.2) is 0 Å². The van der Waals surface area contributed by atoms with Crippen LogP contribution in [-0.4, -0.2) is 63.2 Å². The van der Waals surface area contributed by atoms with Crippen LogP contribution in [-0.2, 0) is 4.79 Å². The molecule has 1 N–H and O–H groups in total. The van der Waals surface area contributed by atoms with Gasteiger partial charge in [0.1, 0.15) is 6.61 Å². The molecule has 2 aromatic carbocycles. The average molecular weight is 415 g/mol. The van der Waals surface area contributed by atoms with E-state index >= 15 is 0 Å². The maximum Gasteiger partial charge on any atom is 0.308 e. The lowest BCUT2D eigenvalue weighted by Gasteiger charge is -2.24. The number of methoxy groups -OCH3 is 2. The summed E-state index contributed by atoms with van der Waals surface area (Å²) in [5, 5.41) is 10.1. The number of nitrogens with zero attached hydrogens (tertiary/aromatic N) is 1. The number of carboxylic acids is 1. The van der Waals surface area contributed by atoms with Crippen molar-refractivity contribution in [3.05, 3.63) is 42.0 Å². The molecule has 30 heavy (non-hydrogen) atoms. The van der Waals surface area contributed by atoms with Gasteiger partial charge in [-0.1, -0.05) is 12.1 Å². The first-order valence-electron chi connectivity index (χ1n) is 9.70. The summed E-state index contributed by atoms with van der Waals surface area (Å²) in [5.74, 6) is 1.10. The third-order valence-corrected chi connectivity index (χ3v) is 5.77. The second-order valence-electron chi connectivity index (χ2n) is 7.40. The lowest BCUT2D eigenvalue weighted by atomic mass is 9.85. The van der Waals surface area contributed by atoms with Gasteiger partial charge in [0, 0.05) is 12.5 Å². The van der Waals surface area contributed by atoms with Gasteiger partial charge in [0.15, 0.2) is 23.0 Å². The Bertz CT molecular complexity index is 932. The van der Waals surface area contributed by atoms with Crippen LogP contribution in [0.5, 0.6) is 28.7 Å². The van der Waals surface area contributed by atoms with E-state index < -0.39 is 11.9 Å². The number of hydrogen-bond donors (Lipinski definition) is 1. The summed E-state index contributed by atoms with van der Waals surface area (Å²) < 4.78 is 27.7. The van der Waals surface area contributed by atoms with Gasteiger partial charge in [-0.3, -0.25) is 9.69 Å². The van der Waals surface area contributed by atoms with Crippen LogP contribution in [0.4, 0.5) is 0 Å². The number of fused-ring (bicyclic) bond motifs is 1. The van der Waals surface area contributed by atoms with Gasteiger partial charge in [0.2, 0.25) is 12.5 Å². The summed E-state index contributed by atoms with van der Waals surface area (Å²) in [6.45, 7) is 0.920. The largest absolute Gasteiger partial charge is 0.493 e. The maximum atomic E-state index is 12.3. The van der Waals surface area contributed by atoms with E-state index in [0.717, 1.165) is 5.56 Å². The molecule has 0 aromatic heterocycles. The Morgan fingerprint density at radius 3 is 2.57 bits per heavy atom. The molecule has 2 aromatic rings. The Labute approximate surface area is 174 Å². The number of hydrogen-bond acceptors (Lipinski definition) is 7. The van der Waals surface area contributed by atoms with Crippen LogP contribution in [0, 0.1) is 5.92 Å². The smallest absolute Gasteiger partial charge is 0.308 e. The topological polar surface area (TPSA) is 86.7 Å². The molecular weight excluding hydrogens is 390 g/mol. The van der Waals surface area contributed by atoms with Crippen LogP contribution in [0.1, 0.15) is 11.5 Å². The van der Waals surface area contributed by atoms with E-state index in [1.807, 2.05) is 48.3 Å². The molecule has 3 unspecified atom stereocenters. The molecule has 0 spiro atoms. The zero-order valence-electron chi connectivity index (χ0n) is 17.2. The van der Waals surface area contributed by atoms with Crippen molar-refractivity contribution in [1.29, 1.82) is 0 Å². The predicted octanol–water partition coefficient (Wildman–Crippen LogP) is 2.61. The highest BCUT2D eigenvalue weighted by Gasteiger charge is 2.46. The van der Waals surface area contributed by atoms with Gasteiger partial charge in [-0.2, -0.15) is 0 Å². The predicted molar refractivity (Wildman–Crippen MR) is 108 cm³/mol. The zero-order valence-corrected chi connectivity index (χ0v) is 17.2. The van der Waals surface area contributed by atoms with Gasteiger partial charge in [-0.05, 0) is 36.9 Å². The van der Waals surface area contributed by atoms with Crippen molar-refractivity contribution in [2.45, 2.75) is 12.0 Å². The monoisotopic (exact) mass is 415 g/mol. The molecule has 1 saturated heterocycles. The fourth-order valence-electron chi connectivity index (χ4n) is 4.26. The summed E-state index contributed by atoms with van der Waals surface area (Å²) in [4.78, 5) is 14.3. The molecule has 4 rings (SSSR count). The molecule has 0 aliphatic carbocycles. The van der Waals surface area contributed by atoms with Crippen molar-refractivity contribution in [2.24, 2.45) is 5.92 Å². The number of benzene rings is 2. The fourth-order valence-corrected chi connectivity index (χ4v) is 4.26. The Morgan fingerprint density at radius 2 is 1.87 bits per heavy atom. The summed E-state index contributed by atoms with van der Waals surface area (Å²) >= 11 is 0. The van der Waals surface area contributed by atoms with E-state index in [4.69, 9.17) is 23.7 Å². The van der Waals surface area contributed by atoms with Crippen LogP contribution in [0.2, 0.25) is 0 Å². The molecule has 8 heteroatoms. The molecule has 0 radical (unpaired) electrons. The quantitative estimate of drug-likeness (QED) is 0.739. The molecule has 0 amide bonds. The molecule has 2 aliphatic rings. The van der Waals surface area contributed by atoms with E-state index in [0.29, 0.717) is 35.3 Å². The van der Waals surface area contributed by atoms with Crippen molar-refractivity contribution < 1.29 is 33.6 Å². The Morgan fingerprint density at radius 1 is 1.13 bits per heavy atom. The van der Waals surface area contributed by atoms with Gasteiger partial charge in [0.25, 0.3) is 0 Å². The van der Waals surface area contributed by atoms with Crippen molar-refractivity contribution >= 4 is 5.97 Å². The SMILES string of the molecule is COc1ccccc1OCC1C(C(=O)O)C(c2cc(OC)c3c(c2)OCO3)CN1C. The van der Waals surface area contributed by atoms with E-state index in [2.05, 4.69) is 0 Å². The second kappa shape index (κ2) is 8.31. The minimum atomic E-state index is -0.866. The van der Waals surface area contributed by atoms with Crippen molar-refractivity contribution in [2.75, 3.05) is 41.2 Å². The Kier molecular flexibility index (Phi) is 5.59. The standard InChI is InChI=1S/C22H25NO7/c1-23-10-14(13-8-18(27-3)21-19(9-13)29-12-30-21)20(22(24)25)15(23)11-28-17-7-5-4-6-16(17)26-2/h4-9,14-15,20H,10-12H2,1-3H3,(H,24,25). The minimum absolute atomic E-state index is 0.122. The summed E-state index contributed by atoms with van der Waals surface area (Å²) in [6.07, 6.45) is 0. The summed E-state index contributed by atoms with van der Waals surface area (Å²) in [6, 6.07) is 10.7. The minimum Gasteiger partial charge on any atom is -0.493 e. The third kappa shape index (κ3) is 3.59. The number of aliphatic carboxylic acids is 1. The third-order valence-electron chi connectivity index (χ3n) is 5.77. The first-order chi connectivity index (χ1) is 14.5. The van der Waals surface area contributed by atoms with Crippen LogP contribution < -0.4 is 23.7 Å². The number of likely N-dealkylation sites (N-methyl/N-ethyl adjacent to an activating group) is 1. The normalized spacial score (nSPS) is 22.7. The molecule has 2 heterocycles. The Balaban J connectivity index is 1.60. The summed E-state index contributed by atoms with van der Waals surface area (Å²) in [7, 11) is 5.05. The van der Waals surface area contributed by atoms with Crippen LogP contribution >= 0.6 is 0 Å². The maximum absolute atomic E-state index is 12.3. The number of carbonyl (C=O) groups is 1. The number of ether oxygens (including phenoxy) is 5. The molecule has 3 atom stereocenters. The lowest BCUT2D eigenvalue weighted by molar-refractivity contribution is -0.143. The molecular formula is C22H25NO7. The number of carboxylic acid groups (broad SMARTS) is 1. The van der Waals surface area contributed by atoms with E-state index in [1.54, 1.807) is 14.2 Å². The average Bonchev–Trinajstić information content (AvgIpc) is 3.35.